The van der Waals surface area contributed by atoms with Crippen molar-refractivity contribution in [3.8, 4) is 0 Å². The largest absolute Gasteiger partial charge is 0.497 e. The highest BCUT2D eigenvalue weighted by molar-refractivity contribution is 6.62. The van der Waals surface area contributed by atoms with Gasteiger partial charge in [-0.3, -0.25) is 24.0 Å². The smallest absolute Gasteiger partial charge is 0.399 e. The number of nitrogens with zero attached hydrogens (tertiary/aromatic N) is 1. The van der Waals surface area contributed by atoms with Gasteiger partial charge in [-0.25, -0.2) is 13.6 Å². The summed E-state index contributed by atoms with van der Waals surface area (Å²) in [5, 5.41) is 5.83. The van der Waals surface area contributed by atoms with E-state index in [0.29, 0.717) is 17.9 Å². The predicted molar refractivity (Wildman–Crippen MR) is 208 cm³/mol. The van der Waals surface area contributed by atoms with E-state index in [1.807, 2.05) is 55.4 Å². The van der Waals surface area contributed by atoms with Crippen LogP contribution in [0.3, 0.4) is 0 Å². The molecule has 0 aliphatic carbocycles. The molecule has 5 rings (SSSR count). The molecule has 3 aliphatic heterocycles. The van der Waals surface area contributed by atoms with Gasteiger partial charge in [-0.1, -0.05) is 12.1 Å². The minimum absolute atomic E-state index is 0.00239. The number of halogens is 2. The van der Waals surface area contributed by atoms with Crippen LogP contribution in [0.4, 0.5) is 8.78 Å². The number of hydrogen-bond donors (Lipinski definition) is 2. The Morgan fingerprint density at radius 1 is 0.707 bits per heavy atom. The molecule has 3 fully saturated rings. The Bertz CT molecular complexity index is 1910. The van der Waals surface area contributed by atoms with Crippen molar-refractivity contribution in [1.29, 1.82) is 0 Å². The van der Waals surface area contributed by atoms with Crippen molar-refractivity contribution >= 4 is 60.5 Å². The number of Topliss-reactive ketones (excluding diaryl/α,β-unsaturated/α-hetero) is 1. The lowest BCUT2D eigenvalue weighted by Gasteiger charge is -2.32. The highest BCUT2D eigenvalue weighted by atomic mass is 19.1. The Hall–Kier alpha value is -4.51. The molecule has 0 unspecified atom stereocenters. The van der Waals surface area contributed by atoms with Gasteiger partial charge in [-0.05, 0) is 105 Å². The minimum Gasteiger partial charge on any atom is -0.399 e. The van der Waals surface area contributed by atoms with Gasteiger partial charge in [0, 0.05) is 54.3 Å². The lowest BCUT2D eigenvalue weighted by molar-refractivity contribution is -0.197. The maximum atomic E-state index is 15.4. The van der Waals surface area contributed by atoms with Crippen molar-refractivity contribution in [2.45, 2.75) is 135 Å². The molecule has 58 heavy (non-hydrogen) atoms. The Morgan fingerprint density at radius 2 is 1.17 bits per heavy atom. The SMILES string of the molecule is CC1(C)OB(c2ccc(C(=O)NCCCC[C@H](NC(=O)c3ccc(B4OC(C)(C)C(C)(C)O4)c(F)c3)C(=O)CCCC(=O)ON3C(=O)CCC3=O)cc2F)OC1(C)C. The summed E-state index contributed by atoms with van der Waals surface area (Å²) in [5.41, 5.74) is -2.44. The summed E-state index contributed by atoms with van der Waals surface area (Å²) in [6.07, 6.45) is 0.294. The van der Waals surface area contributed by atoms with Crippen molar-refractivity contribution in [3.05, 3.63) is 59.2 Å². The summed E-state index contributed by atoms with van der Waals surface area (Å²) >= 11 is 0. The van der Waals surface area contributed by atoms with Gasteiger partial charge >= 0.3 is 20.2 Å². The number of hydrogen-bond acceptors (Lipinski definition) is 11. The first-order valence-electron chi connectivity index (χ1n) is 19.5. The number of carbonyl (C=O) groups excluding carboxylic acids is 6. The second-order valence-corrected chi connectivity index (χ2v) is 16.8. The normalized spacial score (nSPS) is 19.7. The molecular formula is C40H51B2F2N3O11. The summed E-state index contributed by atoms with van der Waals surface area (Å²) in [6.45, 7) is 14.9. The van der Waals surface area contributed by atoms with E-state index in [9.17, 15) is 28.8 Å². The van der Waals surface area contributed by atoms with Crippen molar-refractivity contribution in [1.82, 2.24) is 15.7 Å². The van der Waals surface area contributed by atoms with E-state index in [0.717, 1.165) is 12.1 Å². The zero-order valence-corrected chi connectivity index (χ0v) is 34.3. The number of ketones is 1. The molecule has 3 saturated heterocycles. The van der Waals surface area contributed by atoms with Crippen molar-refractivity contribution in [3.63, 3.8) is 0 Å². The maximum absolute atomic E-state index is 15.4. The molecule has 0 radical (unpaired) electrons. The van der Waals surface area contributed by atoms with Crippen LogP contribution < -0.4 is 21.6 Å². The summed E-state index contributed by atoms with van der Waals surface area (Å²) in [5.74, 6) is -5.18. The van der Waals surface area contributed by atoms with E-state index in [1.165, 1.54) is 24.3 Å². The number of imide groups is 1. The Labute approximate surface area is 337 Å². The minimum atomic E-state index is -1.05. The van der Waals surface area contributed by atoms with Crippen LogP contribution in [0.1, 0.15) is 127 Å². The number of nitrogens with one attached hydrogen (secondary N) is 2. The van der Waals surface area contributed by atoms with Gasteiger partial charge in [-0.2, -0.15) is 0 Å². The number of rotatable bonds is 16. The topological polar surface area (TPSA) is 176 Å². The molecule has 1 atom stereocenters. The molecular weight excluding hydrogens is 758 g/mol. The first kappa shape index (κ1) is 44.6. The monoisotopic (exact) mass is 809 g/mol. The van der Waals surface area contributed by atoms with Crippen LogP contribution in [0.25, 0.3) is 0 Å². The molecule has 2 aromatic carbocycles. The molecule has 14 nitrogen and oxygen atoms in total. The number of amides is 4. The molecule has 2 N–H and O–H groups in total. The molecule has 0 saturated carbocycles. The van der Waals surface area contributed by atoms with Crippen LogP contribution in [-0.4, -0.2) is 89.7 Å². The molecule has 2 aromatic rings. The number of hydroxylamine groups is 2. The lowest BCUT2D eigenvalue weighted by Crippen LogP contribution is -2.41. The average molecular weight is 809 g/mol. The molecule has 0 spiro atoms. The number of benzene rings is 2. The van der Waals surface area contributed by atoms with Crippen molar-refractivity contribution in [2.24, 2.45) is 0 Å². The molecule has 4 amide bonds. The van der Waals surface area contributed by atoms with E-state index < -0.39 is 89.7 Å². The van der Waals surface area contributed by atoms with Crippen LogP contribution in [0.2, 0.25) is 0 Å². The van der Waals surface area contributed by atoms with Gasteiger partial charge in [0.2, 0.25) is 0 Å². The van der Waals surface area contributed by atoms with Crippen LogP contribution >= 0.6 is 0 Å². The Morgan fingerprint density at radius 3 is 1.64 bits per heavy atom. The third-order valence-corrected chi connectivity index (χ3v) is 11.4. The quantitative estimate of drug-likeness (QED) is 0.144. The fourth-order valence-corrected chi connectivity index (χ4v) is 6.38. The van der Waals surface area contributed by atoms with E-state index in [-0.39, 0.29) is 67.1 Å². The van der Waals surface area contributed by atoms with E-state index in [2.05, 4.69) is 10.6 Å². The van der Waals surface area contributed by atoms with Crippen molar-refractivity contribution < 1.29 is 61.0 Å². The van der Waals surface area contributed by atoms with Crippen LogP contribution in [0.15, 0.2) is 36.4 Å². The Balaban J connectivity index is 1.17. The van der Waals surface area contributed by atoms with Gasteiger partial charge in [0.05, 0.1) is 28.4 Å². The number of carbonyl (C=O) groups is 6. The second kappa shape index (κ2) is 17.4. The second-order valence-electron chi connectivity index (χ2n) is 16.8. The zero-order chi connectivity index (χ0) is 42.8. The first-order chi connectivity index (χ1) is 27.0. The molecule has 0 bridgehead atoms. The summed E-state index contributed by atoms with van der Waals surface area (Å²) < 4.78 is 54.3. The summed E-state index contributed by atoms with van der Waals surface area (Å²) in [4.78, 5) is 80.4. The summed E-state index contributed by atoms with van der Waals surface area (Å²) in [7, 11) is -1.93. The molecule has 3 aliphatic rings. The van der Waals surface area contributed by atoms with Crippen molar-refractivity contribution in [2.75, 3.05) is 6.54 Å². The van der Waals surface area contributed by atoms with Gasteiger partial charge in [-0.15, -0.1) is 5.06 Å². The van der Waals surface area contributed by atoms with E-state index >= 15 is 8.78 Å². The van der Waals surface area contributed by atoms with Gasteiger partial charge in [0.25, 0.3) is 23.6 Å². The van der Waals surface area contributed by atoms with Crippen LogP contribution in [-0.2, 0) is 42.6 Å². The summed E-state index contributed by atoms with van der Waals surface area (Å²) in [6, 6.07) is 6.82. The maximum Gasteiger partial charge on any atom is 0.497 e. The third-order valence-electron chi connectivity index (χ3n) is 11.4. The first-order valence-corrected chi connectivity index (χ1v) is 19.5. The fourth-order valence-electron chi connectivity index (χ4n) is 6.38. The van der Waals surface area contributed by atoms with Crippen LogP contribution in [0, 0.1) is 11.6 Å². The average Bonchev–Trinajstić information content (AvgIpc) is 3.65. The van der Waals surface area contributed by atoms with Gasteiger partial charge in [0.15, 0.2) is 5.78 Å². The zero-order valence-electron chi connectivity index (χ0n) is 34.3. The van der Waals surface area contributed by atoms with E-state index in [4.69, 9.17) is 23.5 Å². The highest BCUT2D eigenvalue weighted by Gasteiger charge is 2.53. The van der Waals surface area contributed by atoms with Crippen LogP contribution in [0.5, 0.6) is 0 Å². The highest BCUT2D eigenvalue weighted by Crippen LogP contribution is 2.37. The molecule has 0 aromatic heterocycles. The predicted octanol–water partition coefficient (Wildman–Crippen LogP) is 3.61. The molecule has 18 heteroatoms. The Kier molecular flexibility index (Phi) is 13.4. The van der Waals surface area contributed by atoms with Gasteiger partial charge < -0.3 is 34.1 Å². The van der Waals surface area contributed by atoms with Gasteiger partial charge in [0.1, 0.15) is 11.6 Å². The number of unbranched alkanes of at least 4 members (excludes halogenated alkanes) is 1. The lowest BCUT2D eigenvalue weighted by atomic mass is 9.78. The fraction of sp³-hybridized carbons (Fsp3) is 0.550. The standard InChI is InChI=1S/C40H51B2F2N3O11/c1-37(2)38(3,4)56-41(55-37)26-17-15-24(22-28(26)43)35(52)45-21-10-9-12-30(31(48)13-11-14-34(51)54-47-32(49)19-20-33(47)50)46-36(53)25-16-18-27(29(44)23-25)42-57-39(5,6)40(7,8)58-42/h15-18,22-23,30H,9-14,19-21H2,1-8H3,(H,45,52)(H,46,53)/t30-/m0/s1. The molecule has 3 heterocycles. The van der Waals surface area contributed by atoms with E-state index in [1.54, 1.807) is 0 Å². The molecule has 312 valence electrons. The third kappa shape index (κ3) is 10.0.